The first-order chi connectivity index (χ1) is 18.5. The molecule has 1 N–H and O–H groups in total. The summed E-state index contributed by atoms with van der Waals surface area (Å²) >= 11 is 0. The molecule has 2 aliphatic rings. The third-order valence-corrected chi connectivity index (χ3v) is 9.52. The van der Waals surface area contributed by atoms with Gasteiger partial charge < -0.3 is 10.1 Å². The van der Waals surface area contributed by atoms with E-state index >= 15 is 0 Å². The summed E-state index contributed by atoms with van der Waals surface area (Å²) in [5, 5.41) is 5.23. The Morgan fingerprint density at radius 1 is 0.949 bits per heavy atom. The number of fused-ring (bicyclic) bond motifs is 1. The number of nitrogens with one attached hydrogen (secondary N) is 1. The molecule has 1 amide bonds. The van der Waals surface area contributed by atoms with Gasteiger partial charge in [0.2, 0.25) is 0 Å². The second kappa shape index (κ2) is 9.12. The van der Waals surface area contributed by atoms with Gasteiger partial charge in [-0.05, 0) is 77.6 Å². The summed E-state index contributed by atoms with van der Waals surface area (Å²) in [5.74, 6) is -0.0196. The van der Waals surface area contributed by atoms with Crippen LogP contribution in [0.2, 0.25) is 0 Å². The van der Waals surface area contributed by atoms with Crippen molar-refractivity contribution in [3.05, 3.63) is 95.1 Å². The quantitative estimate of drug-likeness (QED) is 0.337. The normalized spacial score (nSPS) is 16.6. The van der Waals surface area contributed by atoms with Crippen molar-refractivity contribution in [1.82, 2.24) is 0 Å². The van der Waals surface area contributed by atoms with Crippen LogP contribution in [0.25, 0.3) is 10.8 Å². The van der Waals surface area contributed by atoms with E-state index in [0.717, 1.165) is 29.4 Å². The van der Waals surface area contributed by atoms with E-state index in [9.17, 15) is 13.2 Å². The van der Waals surface area contributed by atoms with E-state index in [-0.39, 0.29) is 22.8 Å². The maximum atomic E-state index is 13.9. The minimum Gasteiger partial charge on any atom is -0.476 e. The van der Waals surface area contributed by atoms with Crippen LogP contribution in [0.5, 0.6) is 5.75 Å². The molecule has 0 saturated heterocycles. The van der Waals surface area contributed by atoms with Crippen LogP contribution in [0.3, 0.4) is 0 Å². The summed E-state index contributed by atoms with van der Waals surface area (Å²) in [6, 6.07) is 22.5. The van der Waals surface area contributed by atoms with E-state index in [2.05, 4.69) is 38.2 Å². The molecule has 6 rings (SSSR count). The van der Waals surface area contributed by atoms with Crippen molar-refractivity contribution in [1.29, 1.82) is 0 Å². The molecule has 1 aliphatic carbocycles. The first-order valence-electron chi connectivity index (χ1n) is 13.3. The number of amides is 1. The molecule has 200 valence electrons. The van der Waals surface area contributed by atoms with Crippen LogP contribution in [0, 0.1) is 6.92 Å². The van der Waals surface area contributed by atoms with E-state index in [0.29, 0.717) is 17.1 Å². The van der Waals surface area contributed by atoms with Gasteiger partial charge in [0.15, 0.2) is 6.10 Å². The van der Waals surface area contributed by atoms with Crippen molar-refractivity contribution in [3.8, 4) is 5.75 Å². The molecule has 0 radical (unpaired) electrons. The highest BCUT2D eigenvalue weighted by atomic mass is 32.2. The van der Waals surface area contributed by atoms with Gasteiger partial charge in [0.25, 0.3) is 15.9 Å². The number of benzene rings is 4. The molecule has 4 aromatic carbocycles. The number of hydrogen-bond donors (Lipinski definition) is 1. The lowest BCUT2D eigenvalue weighted by atomic mass is 9.86. The Hall–Kier alpha value is -3.84. The third-order valence-electron chi connectivity index (χ3n) is 7.73. The Morgan fingerprint density at radius 3 is 2.38 bits per heavy atom. The highest BCUT2D eigenvalue weighted by Crippen LogP contribution is 2.41. The molecule has 1 atom stereocenters. The average Bonchev–Trinajstić information content (AvgIpc) is 3.33. The van der Waals surface area contributed by atoms with Crippen molar-refractivity contribution in [2.75, 3.05) is 16.2 Å². The van der Waals surface area contributed by atoms with Gasteiger partial charge in [-0.2, -0.15) is 0 Å². The van der Waals surface area contributed by atoms with Crippen molar-refractivity contribution in [3.63, 3.8) is 0 Å². The number of aryl methyl sites for hydroxylation is 3. The number of sulfonamides is 1. The largest absolute Gasteiger partial charge is 0.476 e. The summed E-state index contributed by atoms with van der Waals surface area (Å²) in [5.41, 5.74) is 5.46. The van der Waals surface area contributed by atoms with Crippen LogP contribution >= 0.6 is 0 Å². The topological polar surface area (TPSA) is 75.7 Å². The molecule has 0 bridgehead atoms. The SMILES string of the molecule is Cc1ccc(S(=O)(=O)N2C[C@@H](C(=O)Nc3ccc4c5c(cccc35)CC4)Oc3ccc(C(C)(C)C)cc32)cc1. The van der Waals surface area contributed by atoms with Gasteiger partial charge in [-0.25, -0.2) is 8.42 Å². The van der Waals surface area contributed by atoms with Gasteiger partial charge in [-0.1, -0.05) is 68.8 Å². The molecule has 0 fully saturated rings. The zero-order chi connectivity index (χ0) is 27.5. The van der Waals surface area contributed by atoms with Crippen LogP contribution in [-0.2, 0) is 33.1 Å². The lowest BCUT2D eigenvalue weighted by Gasteiger charge is -2.36. The van der Waals surface area contributed by atoms with Crippen molar-refractivity contribution in [2.24, 2.45) is 0 Å². The van der Waals surface area contributed by atoms with E-state index in [1.165, 1.54) is 20.8 Å². The number of rotatable bonds is 4. The van der Waals surface area contributed by atoms with Gasteiger partial charge in [0, 0.05) is 11.1 Å². The summed E-state index contributed by atoms with van der Waals surface area (Å²) in [7, 11) is -3.96. The van der Waals surface area contributed by atoms with Gasteiger partial charge in [-0.15, -0.1) is 0 Å². The maximum absolute atomic E-state index is 13.9. The van der Waals surface area contributed by atoms with Crippen molar-refractivity contribution < 1.29 is 17.9 Å². The number of ether oxygens (including phenoxy) is 1. The monoisotopic (exact) mass is 540 g/mol. The maximum Gasteiger partial charge on any atom is 0.267 e. The Balaban J connectivity index is 1.38. The van der Waals surface area contributed by atoms with Crippen molar-refractivity contribution >= 4 is 38.1 Å². The highest BCUT2D eigenvalue weighted by Gasteiger charge is 2.38. The minimum absolute atomic E-state index is 0.135. The molecule has 4 aromatic rings. The number of anilines is 2. The Kier molecular flexibility index (Phi) is 5.95. The lowest BCUT2D eigenvalue weighted by Crippen LogP contribution is -2.49. The van der Waals surface area contributed by atoms with Gasteiger partial charge in [-0.3, -0.25) is 9.10 Å². The smallest absolute Gasteiger partial charge is 0.267 e. The third kappa shape index (κ3) is 4.44. The highest BCUT2D eigenvalue weighted by molar-refractivity contribution is 7.92. The zero-order valence-corrected chi connectivity index (χ0v) is 23.4. The second-order valence-electron chi connectivity index (χ2n) is 11.5. The molecule has 1 heterocycles. The van der Waals surface area contributed by atoms with E-state index in [1.54, 1.807) is 30.3 Å². The number of nitrogens with zero attached hydrogens (tertiary/aromatic N) is 1. The standard InChI is InChI=1S/C32H32N2O4S/c1-20-8-14-24(15-9-20)39(36,37)34-19-29(38-28-17-13-23(18-27(28)34)32(2,3)4)31(35)33-26-16-12-22-11-10-21-6-5-7-25(26)30(21)22/h5-9,12-18,29H,10-11,19H2,1-4H3,(H,33,35)/t29-/m0/s1. The van der Waals surface area contributed by atoms with E-state index in [4.69, 9.17) is 4.74 Å². The second-order valence-corrected chi connectivity index (χ2v) is 13.4. The molecule has 0 saturated carbocycles. The number of carbonyl (C=O) groups is 1. The lowest BCUT2D eigenvalue weighted by molar-refractivity contribution is -0.122. The van der Waals surface area contributed by atoms with Crippen LogP contribution < -0.4 is 14.4 Å². The summed E-state index contributed by atoms with van der Waals surface area (Å²) < 4.78 is 35.4. The minimum atomic E-state index is -3.96. The molecule has 6 nitrogen and oxygen atoms in total. The Bertz CT molecular complexity index is 1710. The molecule has 39 heavy (non-hydrogen) atoms. The first kappa shape index (κ1) is 25.4. The fourth-order valence-electron chi connectivity index (χ4n) is 5.49. The molecular formula is C32H32N2O4S. The molecular weight excluding hydrogens is 508 g/mol. The van der Waals surface area contributed by atoms with Gasteiger partial charge >= 0.3 is 0 Å². The zero-order valence-electron chi connectivity index (χ0n) is 22.6. The molecule has 0 spiro atoms. The van der Waals surface area contributed by atoms with Gasteiger partial charge in [0.05, 0.1) is 17.1 Å². The average molecular weight is 541 g/mol. The molecule has 7 heteroatoms. The summed E-state index contributed by atoms with van der Waals surface area (Å²) in [4.78, 5) is 13.8. The molecule has 0 aromatic heterocycles. The number of hydrogen-bond acceptors (Lipinski definition) is 4. The Morgan fingerprint density at radius 2 is 1.67 bits per heavy atom. The van der Waals surface area contributed by atoms with Crippen molar-refractivity contribution in [2.45, 2.75) is 57.0 Å². The summed E-state index contributed by atoms with van der Waals surface area (Å²) in [6.07, 6.45) is 0.963. The van der Waals surface area contributed by atoms with Crippen LogP contribution in [0.15, 0.2) is 77.7 Å². The van der Waals surface area contributed by atoms with Gasteiger partial charge in [0.1, 0.15) is 5.75 Å². The van der Waals surface area contributed by atoms with E-state index < -0.39 is 16.1 Å². The predicted octanol–water partition coefficient (Wildman–Crippen LogP) is 6.14. The van der Waals surface area contributed by atoms with Crippen LogP contribution in [0.4, 0.5) is 11.4 Å². The predicted molar refractivity (Wildman–Crippen MR) is 155 cm³/mol. The fourth-order valence-corrected chi connectivity index (χ4v) is 6.96. The van der Waals surface area contributed by atoms with Crippen LogP contribution in [0.1, 0.15) is 43.0 Å². The first-order valence-corrected chi connectivity index (χ1v) is 14.7. The van der Waals surface area contributed by atoms with E-state index in [1.807, 2.05) is 37.3 Å². The number of carbonyl (C=O) groups excluding carboxylic acids is 1. The summed E-state index contributed by atoms with van der Waals surface area (Å²) in [6.45, 7) is 8.00. The molecule has 1 aliphatic heterocycles. The van der Waals surface area contributed by atoms with Crippen LogP contribution in [-0.4, -0.2) is 27.0 Å². The Labute approximate surface area is 229 Å². The molecule has 0 unspecified atom stereocenters. The fraction of sp³-hybridized carbons (Fsp3) is 0.281.